The van der Waals surface area contributed by atoms with E-state index in [-0.39, 0.29) is 17.4 Å². The minimum Gasteiger partial charge on any atom is -0.354 e. The highest BCUT2D eigenvalue weighted by Gasteiger charge is 2.23. The zero-order chi connectivity index (χ0) is 16.0. The Morgan fingerprint density at radius 1 is 1.19 bits per heavy atom. The van der Waals surface area contributed by atoms with Gasteiger partial charge < -0.3 is 10.2 Å². The predicted molar refractivity (Wildman–Crippen MR) is 89.4 cm³/mol. The second-order valence-electron chi connectivity index (χ2n) is 6.95. The van der Waals surface area contributed by atoms with Gasteiger partial charge in [-0.2, -0.15) is 0 Å². The van der Waals surface area contributed by atoms with Crippen LogP contribution in [0.5, 0.6) is 0 Å². The van der Waals surface area contributed by atoms with Crippen molar-refractivity contribution in [2.24, 2.45) is 5.92 Å². The fourth-order valence-corrected chi connectivity index (χ4v) is 2.18. The molecule has 3 heteroatoms. The molecule has 1 N–H and O–H groups in total. The summed E-state index contributed by atoms with van der Waals surface area (Å²) in [6, 6.07) is 10.3. The summed E-state index contributed by atoms with van der Waals surface area (Å²) in [4.78, 5) is 14.4. The van der Waals surface area contributed by atoms with E-state index in [0.717, 1.165) is 0 Å². The summed E-state index contributed by atoms with van der Waals surface area (Å²) in [5.41, 5.74) is 1.21. The van der Waals surface area contributed by atoms with Crippen molar-refractivity contribution in [1.29, 1.82) is 0 Å². The lowest BCUT2D eigenvalue weighted by atomic mass is 9.85. The van der Waals surface area contributed by atoms with Crippen molar-refractivity contribution in [3.8, 4) is 0 Å². The van der Waals surface area contributed by atoms with Gasteiger partial charge in [0.05, 0.1) is 0 Å². The molecule has 0 radical (unpaired) electrons. The van der Waals surface area contributed by atoms with E-state index in [1.807, 2.05) is 32.3 Å². The van der Waals surface area contributed by atoms with E-state index in [9.17, 15) is 4.79 Å². The van der Waals surface area contributed by atoms with Crippen molar-refractivity contribution >= 4 is 5.91 Å². The first-order chi connectivity index (χ1) is 9.74. The van der Waals surface area contributed by atoms with E-state index < -0.39 is 0 Å². The first-order valence-electron chi connectivity index (χ1n) is 7.73. The van der Waals surface area contributed by atoms with Crippen molar-refractivity contribution < 1.29 is 4.79 Å². The molecule has 1 amide bonds. The smallest absolute Gasteiger partial charge is 0.220 e. The van der Waals surface area contributed by atoms with Gasteiger partial charge in [-0.15, -0.1) is 0 Å². The van der Waals surface area contributed by atoms with Gasteiger partial charge in [0.15, 0.2) is 0 Å². The lowest BCUT2D eigenvalue weighted by Gasteiger charge is -2.33. The molecule has 0 bridgehead atoms. The summed E-state index contributed by atoms with van der Waals surface area (Å²) in [7, 11) is 4.07. The Hall–Kier alpha value is -1.35. The minimum absolute atomic E-state index is 0.0320. The topological polar surface area (TPSA) is 32.3 Å². The largest absolute Gasteiger partial charge is 0.354 e. The maximum Gasteiger partial charge on any atom is 0.220 e. The van der Waals surface area contributed by atoms with Crippen LogP contribution in [0.1, 0.15) is 45.6 Å². The molecule has 1 aromatic rings. The van der Waals surface area contributed by atoms with Crippen molar-refractivity contribution in [2.45, 2.75) is 45.6 Å². The van der Waals surface area contributed by atoms with Crippen molar-refractivity contribution in [2.75, 3.05) is 20.6 Å². The molecule has 118 valence electrons. The van der Waals surface area contributed by atoms with Crippen molar-refractivity contribution in [3.63, 3.8) is 0 Å². The molecular formula is C18H30N2O. The predicted octanol–water partition coefficient (Wildman–Crippen LogP) is 3.27. The van der Waals surface area contributed by atoms with Gasteiger partial charge in [-0.25, -0.2) is 0 Å². The van der Waals surface area contributed by atoms with Crippen LogP contribution in [0.15, 0.2) is 30.3 Å². The summed E-state index contributed by atoms with van der Waals surface area (Å²) < 4.78 is 0. The van der Waals surface area contributed by atoms with Gasteiger partial charge >= 0.3 is 0 Å². The molecule has 21 heavy (non-hydrogen) atoms. The van der Waals surface area contributed by atoms with E-state index in [2.05, 4.69) is 50.0 Å². The molecule has 0 aliphatic heterocycles. The minimum atomic E-state index is -0.0320. The zero-order valence-electron chi connectivity index (χ0n) is 14.3. The summed E-state index contributed by atoms with van der Waals surface area (Å²) >= 11 is 0. The summed E-state index contributed by atoms with van der Waals surface area (Å²) in [6.45, 7) is 9.27. The lowest BCUT2D eigenvalue weighted by molar-refractivity contribution is -0.122. The number of hydrogen-bond donors (Lipinski definition) is 1. The molecule has 1 aromatic carbocycles. The van der Waals surface area contributed by atoms with Crippen LogP contribution in [0.25, 0.3) is 0 Å². The second kappa shape index (κ2) is 7.60. The Kier molecular flexibility index (Phi) is 6.41. The van der Waals surface area contributed by atoms with Gasteiger partial charge in [-0.05, 0) is 45.3 Å². The molecule has 0 saturated carbocycles. The van der Waals surface area contributed by atoms with Crippen LogP contribution in [0.4, 0.5) is 0 Å². The zero-order valence-corrected chi connectivity index (χ0v) is 14.3. The Bertz CT molecular complexity index is 438. The molecule has 0 saturated heterocycles. The second-order valence-corrected chi connectivity index (χ2v) is 6.95. The number of amides is 1. The maximum atomic E-state index is 12.3. The monoisotopic (exact) mass is 290 g/mol. The molecule has 0 aromatic heterocycles. The van der Waals surface area contributed by atoms with Crippen LogP contribution in [0.2, 0.25) is 0 Å². The highest BCUT2D eigenvalue weighted by molar-refractivity contribution is 5.77. The Morgan fingerprint density at radius 3 is 2.24 bits per heavy atom. The number of likely N-dealkylation sites (N-methyl/N-ethyl adjacent to an activating group) is 1. The van der Waals surface area contributed by atoms with Gasteiger partial charge in [0.2, 0.25) is 5.91 Å². The number of carbonyl (C=O) groups is 1. The summed E-state index contributed by atoms with van der Waals surface area (Å²) in [5.74, 6) is 0.848. The molecule has 0 heterocycles. The lowest BCUT2D eigenvalue weighted by Crippen LogP contribution is -2.48. The number of nitrogens with zero attached hydrogens (tertiary/aromatic N) is 1. The normalized spacial score (nSPS) is 13.5. The van der Waals surface area contributed by atoms with Crippen LogP contribution in [-0.2, 0) is 4.79 Å². The molecule has 0 unspecified atom stereocenters. The number of benzene rings is 1. The molecule has 0 aliphatic carbocycles. The van der Waals surface area contributed by atoms with Crippen LogP contribution in [-0.4, -0.2) is 37.0 Å². The van der Waals surface area contributed by atoms with Crippen LogP contribution in [0.3, 0.4) is 0 Å². The molecule has 0 fully saturated rings. The molecule has 1 atom stereocenters. The maximum absolute atomic E-state index is 12.3. The number of carbonyl (C=O) groups excluding carboxylic acids is 1. The first-order valence-corrected chi connectivity index (χ1v) is 7.73. The third-order valence-corrected chi connectivity index (χ3v) is 4.37. The first kappa shape index (κ1) is 17.7. The SMILES string of the molecule is CC(C)[C@H](CC(=O)NCC(C)(C)N(C)C)c1ccccc1. The van der Waals surface area contributed by atoms with E-state index in [1.165, 1.54) is 5.56 Å². The van der Waals surface area contributed by atoms with E-state index in [1.54, 1.807) is 0 Å². The molecular weight excluding hydrogens is 260 g/mol. The van der Waals surface area contributed by atoms with Crippen LogP contribution in [0, 0.1) is 5.92 Å². The van der Waals surface area contributed by atoms with E-state index in [4.69, 9.17) is 0 Å². The summed E-state index contributed by atoms with van der Waals surface area (Å²) in [5, 5.41) is 3.08. The van der Waals surface area contributed by atoms with E-state index in [0.29, 0.717) is 18.9 Å². The van der Waals surface area contributed by atoms with Gasteiger partial charge in [0.25, 0.3) is 0 Å². The Labute approximate surface area is 129 Å². The Balaban J connectivity index is 2.63. The van der Waals surface area contributed by atoms with Crippen molar-refractivity contribution in [1.82, 2.24) is 10.2 Å². The average Bonchev–Trinajstić information content (AvgIpc) is 2.43. The van der Waals surface area contributed by atoms with E-state index >= 15 is 0 Å². The number of rotatable bonds is 7. The molecule has 3 nitrogen and oxygen atoms in total. The number of hydrogen-bond acceptors (Lipinski definition) is 2. The highest BCUT2D eigenvalue weighted by atomic mass is 16.1. The quantitative estimate of drug-likeness (QED) is 0.836. The molecule has 1 rings (SSSR count). The van der Waals surface area contributed by atoms with Gasteiger partial charge in [-0.1, -0.05) is 44.2 Å². The third-order valence-electron chi connectivity index (χ3n) is 4.37. The van der Waals surface area contributed by atoms with Crippen LogP contribution < -0.4 is 5.32 Å². The van der Waals surface area contributed by atoms with Gasteiger partial charge in [0, 0.05) is 18.5 Å². The fourth-order valence-electron chi connectivity index (χ4n) is 2.18. The number of nitrogens with one attached hydrogen (secondary N) is 1. The van der Waals surface area contributed by atoms with Gasteiger partial charge in [-0.3, -0.25) is 4.79 Å². The van der Waals surface area contributed by atoms with Crippen molar-refractivity contribution in [3.05, 3.63) is 35.9 Å². The standard InChI is InChI=1S/C18H30N2O/c1-14(2)16(15-10-8-7-9-11-15)12-17(21)19-13-18(3,4)20(5)6/h7-11,14,16H,12-13H2,1-6H3,(H,19,21)/t16-/m0/s1. The molecule has 0 spiro atoms. The van der Waals surface area contributed by atoms with Crippen LogP contribution >= 0.6 is 0 Å². The van der Waals surface area contributed by atoms with Gasteiger partial charge in [0.1, 0.15) is 0 Å². The highest BCUT2D eigenvalue weighted by Crippen LogP contribution is 2.27. The molecule has 0 aliphatic rings. The summed E-state index contributed by atoms with van der Waals surface area (Å²) in [6.07, 6.45) is 0.547. The fraction of sp³-hybridized carbons (Fsp3) is 0.611. The average molecular weight is 290 g/mol. The Morgan fingerprint density at radius 2 is 1.76 bits per heavy atom. The third kappa shape index (κ3) is 5.50.